The van der Waals surface area contributed by atoms with E-state index in [1.165, 1.54) is 28.8 Å². The van der Waals surface area contributed by atoms with E-state index in [1.807, 2.05) is 23.6 Å². The maximum Gasteiger partial charge on any atom is 0.356 e. The van der Waals surface area contributed by atoms with Crippen molar-refractivity contribution < 1.29 is 18.7 Å². The van der Waals surface area contributed by atoms with Crippen LogP contribution >= 0.6 is 34.5 Å². The van der Waals surface area contributed by atoms with Crippen molar-refractivity contribution in [1.82, 2.24) is 9.55 Å². The smallest absolute Gasteiger partial charge is 0.356 e. The van der Waals surface area contributed by atoms with Crippen molar-refractivity contribution in [2.24, 2.45) is 0 Å². The second kappa shape index (κ2) is 8.26. The quantitative estimate of drug-likeness (QED) is 0.275. The van der Waals surface area contributed by atoms with Gasteiger partial charge in [-0.25, -0.2) is 18.6 Å². The molecule has 3 aromatic carbocycles. The number of thiophene rings is 1. The number of halogens is 4. The first kappa shape index (κ1) is 21.6. The molecule has 5 aromatic rings. The third-order valence-corrected chi connectivity index (χ3v) is 6.64. The van der Waals surface area contributed by atoms with Gasteiger partial charge in [0.15, 0.2) is 11.5 Å². The molecule has 33 heavy (non-hydrogen) atoms. The van der Waals surface area contributed by atoms with E-state index < -0.39 is 17.6 Å². The second-order valence-electron chi connectivity index (χ2n) is 7.15. The predicted molar refractivity (Wildman–Crippen MR) is 127 cm³/mol. The van der Waals surface area contributed by atoms with Crippen LogP contribution < -0.4 is 0 Å². The summed E-state index contributed by atoms with van der Waals surface area (Å²) in [5.41, 5.74) is 0.539. The molecular formula is C24H12Cl2F2N2O2S. The van der Waals surface area contributed by atoms with Gasteiger partial charge in [0.05, 0.1) is 21.4 Å². The Kier molecular flexibility index (Phi) is 5.40. The molecule has 0 saturated carbocycles. The number of fused-ring (bicyclic) bond motifs is 1. The molecule has 0 amide bonds. The lowest BCUT2D eigenvalue weighted by Crippen LogP contribution is -2.05. The zero-order valence-electron chi connectivity index (χ0n) is 16.5. The Morgan fingerprint density at radius 2 is 1.76 bits per heavy atom. The molecule has 5 rings (SSSR count). The zero-order valence-corrected chi connectivity index (χ0v) is 18.8. The van der Waals surface area contributed by atoms with Crippen LogP contribution in [0.25, 0.3) is 38.4 Å². The lowest BCUT2D eigenvalue weighted by molar-refractivity contribution is 0.0692. The number of benzene rings is 3. The summed E-state index contributed by atoms with van der Waals surface area (Å²) in [5, 5.41) is 12.5. The Morgan fingerprint density at radius 3 is 2.52 bits per heavy atom. The Labute approximate surface area is 200 Å². The van der Waals surface area contributed by atoms with Crippen LogP contribution in [0.5, 0.6) is 0 Å². The molecule has 0 saturated heterocycles. The summed E-state index contributed by atoms with van der Waals surface area (Å²) in [6.07, 6.45) is 0. The van der Waals surface area contributed by atoms with Gasteiger partial charge in [0.1, 0.15) is 11.6 Å². The van der Waals surface area contributed by atoms with Crippen LogP contribution in [0, 0.1) is 11.6 Å². The Morgan fingerprint density at radius 1 is 0.970 bits per heavy atom. The highest BCUT2D eigenvalue weighted by Crippen LogP contribution is 2.38. The first-order valence-electron chi connectivity index (χ1n) is 9.58. The Bertz CT molecular complexity index is 1560. The van der Waals surface area contributed by atoms with E-state index in [1.54, 1.807) is 23.5 Å². The van der Waals surface area contributed by atoms with E-state index in [2.05, 4.69) is 4.98 Å². The molecule has 4 nitrogen and oxygen atoms in total. The van der Waals surface area contributed by atoms with Crippen LogP contribution in [0.15, 0.2) is 66.0 Å². The lowest BCUT2D eigenvalue weighted by Gasteiger charge is -2.15. The molecule has 0 atom stereocenters. The van der Waals surface area contributed by atoms with E-state index in [4.69, 9.17) is 23.2 Å². The number of aromatic nitrogens is 2. The van der Waals surface area contributed by atoms with Gasteiger partial charge in [-0.2, -0.15) is 0 Å². The van der Waals surface area contributed by atoms with Gasteiger partial charge < -0.3 is 5.11 Å². The molecule has 0 aliphatic heterocycles. The number of nitrogens with zero attached hydrogens (tertiary/aromatic N) is 2. The van der Waals surface area contributed by atoms with Crippen molar-refractivity contribution in [2.45, 2.75) is 0 Å². The molecular weight excluding hydrogens is 489 g/mol. The maximum atomic E-state index is 15.2. The van der Waals surface area contributed by atoms with Crippen molar-refractivity contribution in [3.8, 4) is 28.3 Å². The molecule has 2 heterocycles. The van der Waals surface area contributed by atoms with Crippen LogP contribution in [0.4, 0.5) is 8.78 Å². The van der Waals surface area contributed by atoms with Crippen molar-refractivity contribution in [3.63, 3.8) is 0 Å². The van der Waals surface area contributed by atoms with Crippen LogP contribution in [0.3, 0.4) is 0 Å². The molecule has 1 N–H and O–H groups in total. The second-order valence-corrected chi connectivity index (χ2v) is 8.91. The molecule has 164 valence electrons. The highest BCUT2D eigenvalue weighted by atomic mass is 35.5. The minimum atomic E-state index is -1.33. The van der Waals surface area contributed by atoms with Gasteiger partial charge in [0, 0.05) is 15.8 Å². The fourth-order valence-corrected chi connectivity index (χ4v) is 4.80. The van der Waals surface area contributed by atoms with Crippen LogP contribution in [0.2, 0.25) is 10.0 Å². The number of carboxylic acid groups (broad SMARTS) is 1. The number of hydrogen-bond donors (Lipinski definition) is 1. The summed E-state index contributed by atoms with van der Waals surface area (Å²) >= 11 is 13.6. The molecule has 0 unspecified atom stereocenters. The minimum Gasteiger partial charge on any atom is -0.476 e. The first-order valence-corrected chi connectivity index (χ1v) is 11.2. The first-order chi connectivity index (χ1) is 15.8. The third-order valence-electron chi connectivity index (χ3n) is 5.16. The van der Waals surface area contributed by atoms with Crippen molar-refractivity contribution in [1.29, 1.82) is 0 Å². The molecule has 2 aromatic heterocycles. The summed E-state index contributed by atoms with van der Waals surface area (Å²) in [5.74, 6) is -2.55. The lowest BCUT2D eigenvalue weighted by atomic mass is 10.1. The van der Waals surface area contributed by atoms with E-state index >= 15 is 4.39 Å². The SMILES string of the molecule is O=C(O)c1nc(-c2ccc3sccc3c2)n(-c2cccc(Cl)c2F)c1-c1ccc(F)c(Cl)c1. The number of rotatable bonds is 4. The average molecular weight is 501 g/mol. The number of imidazole rings is 1. The van der Waals surface area contributed by atoms with E-state index in [9.17, 15) is 14.3 Å². The molecule has 0 spiro atoms. The normalized spacial score (nSPS) is 11.3. The molecule has 0 aliphatic rings. The maximum absolute atomic E-state index is 15.2. The number of carboxylic acids is 1. The van der Waals surface area contributed by atoms with E-state index in [0.29, 0.717) is 5.56 Å². The van der Waals surface area contributed by atoms with E-state index in [0.717, 1.165) is 16.2 Å². The number of aromatic carboxylic acids is 1. The van der Waals surface area contributed by atoms with Crippen LogP contribution in [-0.2, 0) is 0 Å². The zero-order chi connectivity index (χ0) is 23.3. The van der Waals surface area contributed by atoms with Gasteiger partial charge >= 0.3 is 5.97 Å². The third kappa shape index (κ3) is 3.68. The molecule has 9 heteroatoms. The van der Waals surface area contributed by atoms with Gasteiger partial charge in [-0.05, 0) is 65.4 Å². The summed E-state index contributed by atoms with van der Waals surface area (Å²) in [4.78, 5) is 16.6. The van der Waals surface area contributed by atoms with Gasteiger partial charge in [0.25, 0.3) is 0 Å². The highest BCUT2D eigenvalue weighted by molar-refractivity contribution is 7.17. The monoisotopic (exact) mass is 500 g/mol. The predicted octanol–water partition coefficient (Wildman–Crippen LogP) is 7.70. The minimum absolute atomic E-state index is 0.00152. The summed E-state index contributed by atoms with van der Waals surface area (Å²) in [6.45, 7) is 0. The van der Waals surface area contributed by atoms with Crippen molar-refractivity contribution in [2.75, 3.05) is 0 Å². The fraction of sp³-hybridized carbons (Fsp3) is 0. The molecule has 0 fully saturated rings. The summed E-state index contributed by atoms with van der Waals surface area (Å²) < 4.78 is 31.5. The topological polar surface area (TPSA) is 55.1 Å². The van der Waals surface area contributed by atoms with Crippen molar-refractivity contribution in [3.05, 3.63) is 93.4 Å². The molecule has 0 aliphatic carbocycles. The van der Waals surface area contributed by atoms with Crippen LogP contribution in [-0.4, -0.2) is 20.6 Å². The summed E-state index contributed by atoms with van der Waals surface area (Å²) in [6, 6.07) is 15.6. The Hall–Kier alpha value is -3.26. The van der Waals surface area contributed by atoms with Gasteiger partial charge in [-0.3, -0.25) is 4.57 Å². The van der Waals surface area contributed by atoms with Gasteiger partial charge in [-0.15, -0.1) is 11.3 Å². The van der Waals surface area contributed by atoms with Gasteiger partial charge in [0.2, 0.25) is 0 Å². The average Bonchev–Trinajstić information content (AvgIpc) is 3.42. The number of hydrogen-bond acceptors (Lipinski definition) is 3. The molecule has 0 bridgehead atoms. The summed E-state index contributed by atoms with van der Waals surface area (Å²) in [7, 11) is 0. The molecule has 0 radical (unpaired) electrons. The largest absolute Gasteiger partial charge is 0.476 e. The van der Waals surface area contributed by atoms with E-state index in [-0.39, 0.29) is 38.5 Å². The van der Waals surface area contributed by atoms with Gasteiger partial charge in [-0.1, -0.05) is 29.3 Å². The standard InChI is InChI=1S/C24H12Cl2F2N2O2S/c25-15-2-1-3-18(20(15)28)30-22(13-4-6-17(27)16(26)11-13)21(24(31)32)29-23(30)14-5-7-19-12(10-14)8-9-33-19/h1-11H,(H,31,32). The van der Waals surface area contributed by atoms with Crippen molar-refractivity contribution >= 4 is 50.6 Å². The highest BCUT2D eigenvalue weighted by Gasteiger charge is 2.27. The van der Waals surface area contributed by atoms with Crippen LogP contribution in [0.1, 0.15) is 10.5 Å². The fourth-order valence-electron chi connectivity index (χ4n) is 3.68. The number of carbonyl (C=O) groups is 1. The Balaban J connectivity index is 1.90.